The minimum Gasteiger partial charge on any atom is -0.469 e. The third kappa shape index (κ3) is 3.71. The number of nitrogens with zero attached hydrogens (tertiary/aromatic N) is 1. The van der Waals surface area contributed by atoms with Crippen LogP contribution in [0.25, 0.3) is 0 Å². The van der Waals surface area contributed by atoms with Gasteiger partial charge in [-0.25, -0.2) is 0 Å². The molecule has 25 heavy (non-hydrogen) atoms. The third-order valence-electron chi connectivity index (χ3n) is 5.93. The van der Waals surface area contributed by atoms with Crippen molar-refractivity contribution in [1.29, 1.82) is 0 Å². The van der Waals surface area contributed by atoms with Gasteiger partial charge in [0.2, 0.25) is 0 Å². The minimum atomic E-state index is -1.36. The maximum atomic E-state index is 12.7. The average molecular weight is 345 g/mol. The number of methoxy groups -OCH3 is 1. The molecular weight excluding hydrogens is 318 g/mol. The fourth-order valence-corrected chi connectivity index (χ4v) is 4.01. The van der Waals surface area contributed by atoms with E-state index in [0.717, 1.165) is 24.8 Å². The molecular formula is C20H27NO4. The number of piperidine rings is 1. The Labute approximate surface area is 149 Å². The molecule has 1 saturated heterocycles. The molecule has 1 amide bonds. The monoisotopic (exact) mass is 345 g/mol. The smallest absolute Gasteiger partial charge is 0.309 e. The zero-order valence-electron chi connectivity index (χ0n) is 15.0. The number of benzene rings is 1. The topological polar surface area (TPSA) is 66.8 Å². The maximum Gasteiger partial charge on any atom is 0.309 e. The molecule has 1 aromatic carbocycles. The highest BCUT2D eigenvalue weighted by Gasteiger charge is 2.59. The van der Waals surface area contributed by atoms with E-state index in [4.69, 9.17) is 4.74 Å². The summed E-state index contributed by atoms with van der Waals surface area (Å²) in [6.45, 7) is 2.82. The van der Waals surface area contributed by atoms with E-state index in [-0.39, 0.29) is 23.2 Å². The first-order valence-corrected chi connectivity index (χ1v) is 9.01. The van der Waals surface area contributed by atoms with Crippen molar-refractivity contribution < 1.29 is 19.4 Å². The second-order valence-corrected chi connectivity index (χ2v) is 7.69. The normalized spacial score (nSPS) is 23.8. The molecule has 1 aromatic rings. The van der Waals surface area contributed by atoms with Crippen LogP contribution in [0.3, 0.4) is 0 Å². The molecule has 0 unspecified atom stereocenters. The number of hydrogen-bond donors (Lipinski definition) is 1. The number of rotatable bonds is 5. The molecule has 5 nitrogen and oxygen atoms in total. The number of carbonyl (C=O) groups is 2. The first kappa shape index (κ1) is 17.9. The van der Waals surface area contributed by atoms with Gasteiger partial charge in [0, 0.05) is 13.1 Å². The summed E-state index contributed by atoms with van der Waals surface area (Å²) in [7, 11) is 1.43. The fourth-order valence-electron chi connectivity index (χ4n) is 4.01. The van der Waals surface area contributed by atoms with Gasteiger partial charge in [0.25, 0.3) is 5.91 Å². The van der Waals surface area contributed by atoms with E-state index in [0.29, 0.717) is 25.9 Å². The number of carbonyl (C=O) groups excluding carboxylic acids is 2. The van der Waals surface area contributed by atoms with Crippen LogP contribution in [0.4, 0.5) is 0 Å². The van der Waals surface area contributed by atoms with E-state index >= 15 is 0 Å². The van der Waals surface area contributed by atoms with Gasteiger partial charge in [-0.1, -0.05) is 30.3 Å². The second-order valence-electron chi connectivity index (χ2n) is 7.69. The highest BCUT2D eigenvalue weighted by molar-refractivity contribution is 5.85. The molecule has 1 N–H and O–H groups in total. The molecule has 1 saturated carbocycles. The van der Waals surface area contributed by atoms with Crippen LogP contribution in [0.15, 0.2) is 30.3 Å². The molecule has 136 valence electrons. The lowest BCUT2D eigenvalue weighted by atomic mass is 9.88. The lowest BCUT2D eigenvalue weighted by Crippen LogP contribution is -2.50. The van der Waals surface area contributed by atoms with Crippen molar-refractivity contribution in [1.82, 2.24) is 4.90 Å². The molecule has 0 bridgehead atoms. The van der Waals surface area contributed by atoms with Crippen molar-refractivity contribution in [3.63, 3.8) is 0 Å². The van der Waals surface area contributed by atoms with Crippen molar-refractivity contribution in [2.45, 2.75) is 44.6 Å². The van der Waals surface area contributed by atoms with Gasteiger partial charge in [0.1, 0.15) is 5.60 Å². The van der Waals surface area contributed by atoms with Crippen LogP contribution in [0.5, 0.6) is 0 Å². The van der Waals surface area contributed by atoms with Gasteiger partial charge in [-0.15, -0.1) is 0 Å². The molecule has 3 rings (SSSR count). The van der Waals surface area contributed by atoms with E-state index < -0.39 is 5.60 Å². The Balaban J connectivity index is 1.52. The molecule has 1 aliphatic heterocycles. The molecule has 1 aliphatic carbocycles. The zero-order valence-corrected chi connectivity index (χ0v) is 15.0. The molecule has 1 heterocycles. The predicted octanol–water partition coefficient (Wildman–Crippen LogP) is 2.17. The second kappa shape index (κ2) is 6.79. The molecule has 2 fully saturated rings. The van der Waals surface area contributed by atoms with Crippen molar-refractivity contribution in [3.8, 4) is 0 Å². The first-order valence-electron chi connectivity index (χ1n) is 9.01. The van der Waals surface area contributed by atoms with E-state index in [1.807, 2.05) is 30.3 Å². The minimum absolute atomic E-state index is 0.00616. The summed E-state index contributed by atoms with van der Waals surface area (Å²) in [6, 6.07) is 9.89. The summed E-state index contributed by atoms with van der Waals surface area (Å²) in [5, 5.41) is 10.7. The van der Waals surface area contributed by atoms with Crippen LogP contribution < -0.4 is 0 Å². The summed E-state index contributed by atoms with van der Waals surface area (Å²) < 4.78 is 4.84. The lowest BCUT2D eigenvalue weighted by Gasteiger charge is -2.37. The number of esters is 1. The van der Waals surface area contributed by atoms with Gasteiger partial charge in [-0.2, -0.15) is 0 Å². The standard InChI is InChI=1S/C20H27NO4/c1-19(24,9-8-15-6-4-3-5-7-15)18(23)21-12-10-20(11-13-21)14-16(20)17(22)25-2/h3-7,16,24H,8-14H2,1-2H3/t16-,19+/m0/s1. The largest absolute Gasteiger partial charge is 0.469 e. The van der Waals surface area contributed by atoms with Gasteiger partial charge in [-0.3, -0.25) is 9.59 Å². The zero-order chi connectivity index (χ0) is 18.1. The number of aliphatic hydroxyl groups is 1. The van der Waals surface area contributed by atoms with E-state index in [2.05, 4.69) is 0 Å². The molecule has 0 aromatic heterocycles. The Morgan fingerprint density at radius 2 is 1.92 bits per heavy atom. The van der Waals surface area contributed by atoms with Crippen molar-refractivity contribution in [2.75, 3.05) is 20.2 Å². The van der Waals surface area contributed by atoms with Crippen LogP contribution in [-0.4, -0.2) is 47.7 Å². The third-order valence-corrected chi connectivity index (χ3v) is 5.93. The maximum absolute atomic E-state index is 12.7. The van der Waals surface area contributed by atoms with Gasteiger partial charge in [-0.05, 0) is 50.0 Å². The number of hydrogen-bond acceptors (Lipinski definition) is 4. The van der Waals surface area contributed by atoms with E-state index in [9.17, 15) is 14.7 Å². The highest BCUT2D eigenvalue weighted by atomic mass is 16.5. The van der Waals surface area contributed by atoms with Crippen molar-refractivity contribution in [2.24, 2.45) is 11.3 Å². The molecule has 0 radical (unpaired) electrons. The molecule has 2 atom stereocenters. The SMILES string of the molecule is COC(=O)[C@@H]1CC12CCN(C(=O)[C@](C)(O)CCc1ccccc1)CC2. The van der Waals surface area contributed by atoms with Gasteiger partial charge < -0.3 is 14.7 Å². The van der Waals surface area contributed by atoms with Gasteiger partial charge >= 0.3 is 5.97 Å². The van der Waals surface area contributed by atoms with E-state index in [1.165, 1.54) is 7.11 Å². The number of aryl methyl sites for hydroxylation is 1. The van der Waals surface area contributed by atoms with Crippen LogP contribution >= 0.6 is 0 Å². The Morgan fingerprint density at radius 1 is 1.28 bits per heavy atom. The molecule has 1 spiro atoms. The summed E-state index contributed by atoms with van der Waals surface area (Å²) in [6.07, 6.45) is 3.57. The van der Waals surface area contributed by atoms with Crippen LogP contribution in [0.1, 0.15) is 38.2 Å². The van der Waals surface area contributed by atoms with Crippen LogP contribution in [0, 0.1) is 11.3 Å². The number of likely N-dealkylation sites (tertiary alicyclic amines) is 1. The van der Waals surface area contributed by atoms with Crippen molar-refractivity contribution >= 4 is 11.9 Å². The molecule has 2 aliphatic rings. The summed E-state index contributed by atoms with van der Waals surface area (Å²) in [5.41, 5.74) is -0.210. The first-order chi connectivity index (χ1) is 11.9. The van der Waals surface area contributed by atoms with Crippen LogP contribution in [0.2, 0.25) is 0 Å². The van der Waals surface area contributed by atoms with Crippen LogP contribution in [-0.2, 0) is 20.7 Å². The quantitative estimate of drug-likeness (QED) is 0.831. The Morgan fingerprint density at radius 3 is 2.52 bits per heavy atom. The fraction of sp³-hybridized carbons (Fsp3) is 0.600. The number of ether oxygens (including phenoxy) is 1. The predicted molar refractivity (Wildman–Crippen MR) is 93.8 cm³/mol. The highest BCUT2D eigenvalue weighted by Crippen LogP contribution is 2.59. The summed E-state index contributed by atoms with van der Waals surface area (Å²) >= 11 is 0. The molecule has 5 heteroatoms. The van der Waals surface area contributed by atoms with Gasteiger partial charge in [0.15, 0.2) is 0 Å². The van der Waals surface area contributed by atoms with E-state index in [1.54, 1.807) is 11.8 Å². The average Bonchev–Trinajstić information content (AvgIpc) is 3.33. The Bertz CT molecular complexity index is 632. The Hall–Kier alpha value is -1.88. The summed E-state index contributed by atoms with van der Waals surface area (Å²) in [5.74, 6) is -0.337. The van der Waals surface area contributed by atoms with Crippen molar-refractivity contribution in [3.05, 3.63) is 35.9 Å². The number of amides is 1. The van der Waals surface area contributed by atoms with Gasteiger partial charge in [0.05, 0.1) is 13.0 Å². The lowest BCUT2D eigenvalue weighted by molar-refractivity contribution is -0.152. The Kier molecular flexibility index (Phi) is 4.87. The summed E-state index contributed by atoms with van der Waals surface area (Å²) in [4.78, 5) is 26.2.